The SMILES string of the molecule is COC(=O)c1ccc2[nH]c3c(c2c1)CN(C(=O)CC(C)(C)C)CC3. The predicted molar refractivity (Wildman–Crippen MR) is 92.8 cm³/mol. The van der Waals surface area contributed by atoms with Gasteiger partial charge in [-0.05, 0) is 23.6 Å². The Labute approximate surface area is 142 Å². The average Bonchev–Trinajstić information content (AvgIpc) is 2.89. The van der Waals surface area contributed by atoms with Crippen LogP contribution in [0.3, 0.4) is 0 Å². The Balaban J connectivity index is 1.92. The lowest BCUT2D eigenvalue weighted by Gasteiger charge is -2.30. The number of hydrogen-bond acceptors (Lipinski definition) is 3. The number of fused-ring (bicyclic) bond motifs is 3. The Bertz CT molecular complexity index is 799. The maximum Gasteiger partial charge on any atom is 0.337 e. The molecule has 1 amide bonds. The van der Waals surface area contributed by atoms with E-state index in [1.165, 1.54) is 7.11 Å². The molecule has 0 radical (unpaired) electrons. The normalized spacial score (nSPS) is 14.6. The molecule has 0 atom stereocenters. The molecule has 5 nitrogen and oxygen atoms in total. The van der Waals surface area contributed by atoms with Gasteiger partial charge in [-0.3, -0.25) is 4.79 Å². The highest BCUT2D eigenvalue weighted by Gasteiger charge is 2.27. The summed E-state index contributed by atoms with van der Waals surface area (Å²) in [6, 6.07) is 5.52. The van der Waals surface area contributed by atoms with Gasteiger partial charge < -0.3 is 14.6 Å². The molecule has 0 saturated carbocycles. The van der Waals surface area contributed by atoms with Crippen LogP contribution in [0, 0.1) is 5.41 Å². The smallest absolute Gasteiger partial charge is 0.337 e. The van der Waals surface area contributed by atoms with Gasteiger partial charge in [0, 0.05) is 48.1 Å². The number of carbonyl (C=O) groups is 2. The Morgan fingerprint density at radius 1 is 1.29 bits per heavy atom. The summed E-state index contributed by atoms with van der Waals surface area (Å²) in [5, 5.41) is 1.00. The van der Waals surface area contributed by atoms with Crippen LogP contribution < -0.4 is 0 Å². The van der Waals surface area contributed by atoms with E-state index in [4.69, 9.17) is 4.74 Å². The number of ether oxygens (including phenoxy) is 1. The van der Waals surface area contributed by atoms with Crippen molar-refractivity contribution >= 4 is 22.8 Å². The fourth-order valence-corrected chi connectivity index (χ4v) is 3.24. The maximum atomic E-state index is 12.5. The second-order valence-electron chi connectivity index (χ2n) is 7.64. The number of aromatic amines is 1. The van der Waals surface area contributed by atoms with E-state index in [-0.39, 0.29) is 17.3 Å². The van der Waals surface area contributed by atoms with E-state index >= 15 is 0 Å². The van der Waals surface area contributed by atoms with E-state index in [0.717, 1.165) is 35.1 Å². The Morgan fingerprint density at radius 3 is 2.71 bits per heavy atom. The molecule has 1 aliphatic heterocycles. The summed E-state index contributed by atoms with van der Waals surface area (Å²) in [5.74, 6) is -0.157. The number of H-pyrrole nitrogens is 1. The number of benzene rings is 1. The van der Waals surface area contributed by atoms with E-state index in [9.17, 15) is 9.59 Å². The number of carbonyl (C=O) groups excluding carboxylic acids is 2. The summed E-state index contributed by atoms with van der Waals surface area (Å²) >= 11 is 0. The summed E-state index contributed by atoms with van der Waals surface area (Å²) in [6.07, 6.45) is 1.35. The number of amides is 1. The van der Waals surface area contributed by atoms with Crippen LogP contribution in [0.1, 0.15) is 48.8 Å². The van der Waals surface area contributed by atoms with Gasteiger partial charge in [-0.15, -0.1) is 0 Å². The van der Waals surface area contributed by atoms with Crippen molar-refractivity contribution in [1.82, 2.24) is 9.88 Å². The van der Waals surface area contributed by atoms with Crippen LogP contribution in [0.25, 0.3) is 10.9 Å². The molecule has 1 N–H and O–H groups in total. The second-order valence-corrected chi connectivity index (χ2v) is 7.64. The van der Waals surface area contributed by atoms with Crippen molar-refractivity contribution in [3.05, 3.63) is 35.0 Å². The quantitative estimate of drug-likeness (QED) is 0.861. The zero-order chi connectivity index (χ0) is 17.5. The fraction of sp³-hybridized carbons (Fsp3) is 0.474. The molecule has 1 aromatic heterocycles. The Kier molecular flexibility index (Phi) is 4.11. The lowest BCUT2D eigenvalue weighted by atomic mass is 9.91. The highest BCUT2D eigenvalue weighted by atomic mass is 16.5. The first-order valence-corrected chi connectivity index (χ1v) is 8.28. The van der Waals surface area contributed by atoms with E-state index in [1.54, 1.807) is 6.07 Å². The zero-order valence-corrected chi connectivity index (χ0v) is 14.7. The number of nitrogens with one attached hydrogen (secondary N) is 1. The van der Waals surface area contributed by atoms with Crippen molar-refractivity contribution < 1.29 is 14.3 Å². The lowest BCUT2D eigenvalue weighted by molar-refractivity contribution is -0.134. The molecule has 0 fully saturated rings. The molecule has 2 aromatic rings. The van der Waals surface area contributed by atoms with Gasteiger partial charge in [0.1, 0.15) is 0 Å². The van der Waals surface area contributed by atoms with Gasteiger partial charge in [0.05, 0.1) is 12.7 Å². The molecule has 3 rings (SSSR count). The molecular formula is C19H24N2O3. The van der Waals surface area contributed by atoms with Crippen molar-refractivity contribution in [1.29, 1.82) is 0 Å². The minimum absolute atomic E-state index is 0.0182. The minimum atomic E-state index is -0.344. The van der Waals surface area contributed by atoms with Crippen molar-refractivity contribution in [3.8, 4) is 0 Å². The maximum absolute atomic E-state index is 12.5. The standard InChI is InChI=1S/C19H24N2O3/c1-19(2,3)10-17(22)21-8-7-16-14(11-21)13-9-12(18(23)24-4)5-6-15(13)20-16/h5-6,9,20H,7-8,10-11H2,1-4H3. The molecule has 0 aliphatic carbocycles. The number of methoxy groups -OCH3 is 1. The molecule has 5 heteroatoms. The molecule has 0 spiro atoms. The van der Waals surface area contributed by atoms with Crippen LogP contribution in [0.5, 0.6) is 0 Å². The van der Waals surface area contributed by atoms with Crippen LogP contribution >= 0.6 is 0 Å². The van der Waals surface area contributed by atoms with Gasteiger partial charge in [0.25, 0.3) is 0 Å². The monoisotopic (exact) mass is 328 g/mol. The van der Waals surface area contributed by atoms with Crippen LogP contribution in [-0.4, -0.2) is 35.4 Å². The predicted octanol–water partition coefficient (Wildman–Crippen LogP) is 3.28. The number of rotatable bonds is 2. The fourth-order valence-electron chi connectivity index (χ4n) is 3.24. The largest absolute Gasteiger partial charge is 0.465 e. The molecule has 2 heterocycles. The van der Waals surface area contributed by atoms with Gasteiger partial charge >= 0.3 is 5.97 Å². The summed E-state index contributed by atoms with van der Waals surface area (Å²) in [6.45, 7) is 7.56. The van der Waals surface area contributed by atoms with Crippen LogP contribution in [-0.2, 0) is 22.5 Å². The number of nitrogens with zero attached hydrogens (tertiary/aromatic N) is 1. The zero-order valence-electron chi connectivity index (χ0n) is 14.7. The molecule has 0 unspecified atom stereocenters. The van der Waals surface area contributed by atoms with Gasteiger partial charge in [0.2, 0.25) is 5.91 Å². The van der Waals surface area contributed by atoms with Gasteiger partial charge in [-0.25, -0.2) is 4.79 Å². The number of esters is 1. The third-order valence-corrected chi connectivity index (χ3v) is 4.43. The summed E-state index contributed by atoms with van der Waals surface area (Å²) in [5.41, 5.74) is 3.79. The van der Waals surface area contributed by atoms with E-state index < -0.39 is 0 Å². The Morgan fingerprint density at radius 2 is 2.04 bits per heavy atom. The summed E-state index contributed by atoms with van der Waals surface area (Å²) in [7, 11) is 1.38. The van der Waals surface area contributed by atoms with Crippen molar-refractivity contribution in [2.75, 3.05) is 13.7 Å². The third kappa shape index (κ3) is 3.16. The third-order valence-electron chi connectivity index (χ3n) is 4.43. The number of aromatic nitrogens is 1. The molecule has 0 saturated heterocycles. The van der Waals surface area contributed by atoms with E-state index in [1.807, 2.05) is 17.0 Å². The summed E-state index contributed by atoms with van der Waals surface area (Å²) < 4.78 is 4.81. The minimum Gasteiger partial charge on any atom is -0.465 e. The molecule has 1 aromatic carbocycles. The average molecular weight is 328 g/mol. The second kappa shape index (κ2) is 5.96. The Hall–Kier alpha value is -2.30. The topological polar surface area (TPSA) is 62.4 Å². The van der Waals surface area contributed by atoms with E-state index in [0.29, 0.717) is 18.5 Å². The van der Waals surface area contributed by atoms with Crippen LogP contribution in [0.15, 0.2) is 18.2 Å². The molecule has 128 valence electrons. The van der Waals surface area contributed by atoms with E-state index in [2.05, 4.69) is 25.8 Å². The van der Waals surface area contributed by atoms with Crippen LogP contribution in [0.4, 0.5) is 0 Å². The number of hydrogen-bond donors (Lipinski definition) is 1. The summed E-state index contributed by atoms with van der Waals surface area (Å²) in [4.78, 5) is 29.7. The highest BCUT2D eigenvalue weighted by molar-refractivity contribution is 5.96. The van der Waals surface area contributed by atoms with Crippen molar-refractivity contribution in [2.24, 2.45) is 5.41 Å². The first kappa shape index (κ1) is 16.6. The van der Waals surface area contributed by atoms with Crippen molar-refractivity contribution in [3.63, 3.8) is 0 Å². The van der Waals surface area contributed by atoms with Gasteiger partial charge in [-0.2, -0.15) is 0 Å². The molecule has 0 bridgehead atoms. The van der Waals surface area contributed by atoms with Crippen molar-refractivity contribution in [2.45, 2.75) is 40.2 Å². The molecular weight excluding hydrogens is 304 g/mol. The first-order chi connectivity index (χ1) is 11.3. The molecule has 1 aliphatic rings. The first-order valence-electron chi connectivity index (χ1n) is 8.28. The van der Waals surface area contributed by atoms with Crippen LogP contribution in [0.2, 0.25) is 0 Å². The lowest BCUT2D eigenvalue weighted by Crippen LogP contribution is -2.37. The van der Waals surface area contributed by atoms with Gasteiger partial charge in [0.15, 0.2) is 0 Å². The van der Waals surface area contributed by atoms with Gasteiger partial charge in [-0.1, -0.05) is 20.8 Å². The highest BCUT2D eigenvalue weighted by Crippen LogP contribution is 2.30. The molecule has 24 heavy (non-hydrogen) atoms.